The number of benzene rings is 1. The first kappa shape index (κ1) is 18.7. The summed E-state index contributed by atoms with van der Waals surface area (Å²) in [6.45, 7) is 2.23. The Bertz CT molecular complexity index is 1110. The van der Waals surface area contributed by atoms with Crippen LogP contribution in [-0.4, -0.2) is 44.3 Å². The van der Waals surface area contributed by atoms with Crippen molar-refractivity contribution in [3.05, 3.63) is 68.2 Å². The van der Waals surface area contributed by atoms with Crippen LogP contribution < -0.4 is 11.4 Å². The number of halogens is 1. The first-order valence-electron chi connectivity index (χ1n) is 9.12. The Morgan fingerprint density at radius 2 is 1.86 bits per heavy atom. The van der Waals surface area contributed by atoms with Crippen LogP contribution in [-0.2, 0) is 6.54 Å². The van der Waals surface area contributed by atoms with Crippen LogP contribution in [0.25, 0.3) is 4.96 Å². The summed E-state index contributed by atoms with van der Waals surface area (Å²) in [6, 6.07) is 5.66. The van der Waals surface area contributed by atoms with E-state index >= 15 is 0 Å². The van der Waals surface area contributed by atoms with Gasteiger partial charge in [0.25, 0.3) is 0 Å². The van der Waals surface area contributed by atoms with Gasteiger partial charge in [-0.25, -0.2) is 22.9 Å². The maximum atomic E-state index is 13.0. The van der Waals surface area contributed by atoms with E-state index in [1.807, 2.05) is 0 Å². The summed E-state index contributed by atoms with van der Waals surface area (Å²) in [4.78, 5) is 43.5. The van der Waals surface area contributed by atoms with Crippen molar-refractivity contribution in [2.45, 2.75) is 19.4 Å². The molecule has 3 aromatic rings. The smallest absolute Gasteiger partial charge is 0.302 e. The van der Waals surface area contributed by atoms with Crippen molar-refractivity contribution in [1.29, 1.82) is 0 Å². The van der Waals surface area contributed by atoms with Crippen LogP contribution in [0.1, 0.15) is 23.2 Å². The third-order valence-electron chi connectivity index (χ3n) is 5.18. The fraction of sp³-hybridized carbons (Fsp3) is 0.368. The Hall–Kier alpha value is -2.65. The summed E-state index contributed by atoms with van der Waals surface area (Å²) >= 11 is 1.25. The van der Waals surface area contributed by atoms with E-state index in [2.05, 4.69) is 9.88 Å². The minimum absolute atomic E-state index is 0.0428. The third-order valence-corrected chi connectivity index (χ3v) is 5.93. The molecule has 0 aliphatic carbocycles. The van der Waals surface area contributed by atoms with Crippen LogP contribution >= 0.6 is 11.3 Å². The second-order valence-electron chi connectivity index (χ2n) is 6.87. The van der Waals surface area contributed by atoms with E-state index in [1.54, 1.807) is 11.6 Å². The number of likely N-dealkylation sites (tertiary alicyclic amines) is 1. The molecule has 0 bridgehead atoms. The topological polar surface area (TPSA) is 76.7 Å². The molecule has 1 saturated heterocycles. The molecule has 2 aromatic heterocycles. The average molecular weight is 402 g/mol. The first-order valence-corrected chi connectivity index (χ1v) is 10.00. The highest BCUT2D eigenvalue weighted by Gasteiger charge is 2.26. The molecule has 0 amide bonds. The van der Waals surface area contributed by atoms with Crippen molar-refractivity contribution in [2.75, 3.05) is 19.6 Å². The number of Topliss-reactive ketones (excluding diaryl/α,β-unsaturated/α-hetero) is 1. The number of carbonyl (C=O) groups is 1. The van der Waals surface area contributed by atoms with Gasteiger partial charge in [0.15, 0.2) is 5.78 Å². The molecule has 0 saturated carbocycles. The lowest BCUT2D eigenvalue weighted by molar-refractivity contribution is 0.0837. The van der Waals surface area contributed by atoms with Crippen LogP contribution in [0.4, 0.5) is 4.39 Å². The molecule has 1 fully saturated rings. The van der Waals surface area contributed by atoms with E-state index in [0.717, 1.165) is 4.57 Å². The monoisotopic (exact) mass is 402 g/mol. The van der Waals surface area contributed by atoms with E-state index < -0.39 is 5.69 Å². The molecule has 0 radical (unpaired) electrons. The van der Waals surface area contributed by atoms with Gasteiger partial charge in [-0.1, -0.05) is 0 Å². The van der Waals surface area contributed by atoms with Crippen LogP contribution in [0, 0.1) is 11.7 Å². The predicted molar refractivity (Wildman–Crippen MR) is 103 cm³/mol. The molecule has 1 aliphatic rings. The van der Waals surface area contributed by atoms with Gasteiger partial charge in [-0.15, -0.1) is 11.3 Å². The van der Waals surface area contributed by atoms with E-state index in [-0.39, 0.29) is 29.8 Å². The summed E-state index contributed by atoms with van der Waals surface area (Å²) < 4.78 is 15.5. The van der Waals surface area contributed by atoms with Gasteiger partial charge < -0.3 is 4.90 Å². The van der Waals surface area contributed by atoms with Crippen LogP contribution in [0.2, 0.25) is 0 Å². The molecule has 9 heteroatoms. The molecular weight excluding hydrogens is 383 g/mol. The van der Waals surface area contributed by atoms with Gasteiger partial charge in [-0.05, 0) is 50.2 Å². The SMILES string of the molecule is O=C(c1ccc(F)cc1)C1CCN(CCn2c(=O)nc3sccn3c2=O)CC1. The number of carbonyl (C=O) groups excluding carboxylic acids is 1. The number of fused-ring (bicyclic) bond motifs is 1. The Morgan fingerprint density at radius 3 is 2.57 bits per heavy atom. The van der Waals surface area contributed by atoms with Gasteiger partial charge in [0, 0.05) is 36.1 Å². The van der Waals surface area contributed by atoms with Crippen LogP contribution in [0.5, 0.6) is 0 Å². The summed E-state index contributed by atoms with van der Waals surface area (Å²) in [7, 11) is 0. The van der Waals surface area contributed by atoms with Crippen molar-refractivity contribution in [3.63, 3.8) is 0 Å². The highest BCUT2D eigenvalue weighted by atomic mass is 32.1. The number of thiazole rings is 1. The number of aromatic nitrogens is 3. The molecule has 28 heavy (non-hydrogen) atoms. The molecule has 3 heterocycles. The zero-order valence-corrected chi connectivity index (χ0v) is 15.9. The zero-order chi connectivity index (χ0) is 19.7. The molecule has 4 rings (SSSR count). The van der Waals surface area contributed by atoms with Gasteiger partial charge in [0.05, 0.1) is 0 Å². The first-order chi connectivity index (χ1) is 13.5. The van der Waals surface area contributed by atoms with Crippen molar-refractivity contribution < 1.29 is 9.18 Å². The summed E-state index contributed by atoms with van der Waals surface area (Å²) in [6.07, 6.45) is 3.01. The Balaban J connectivity index is 1.36. The Labute approximate surface area is 163 Å². The van der Waals surface area contributed by atoms with Gasteiger partial charge >= 0.3 is 11.4 Å². The van der Waals surface area contributed by atoms with Crippen molar-refractivity contribution in [3.8, 4) is 0 Å². The van der Waals surface area contributed by atoms with E-state index in [0.29, 0.717) is 43.0 Å². The van der Waals surface area contributed by atoms with E-state index in [4.69, 9.17) is 0 Å². The zero-order valence-electron chi connectivity index (χ0n) is 15.1. The number of ketones is 1. The summed E-state index contributed by atoms with van der Waals surface area (Å²) in [5.41, 5.74) is -0.374. The molecule has 0 atom stereocenters. The summed E-state index contributed by atoms with van der Waals surface area (Å²) in [5, 5.41) is 1.72. The molecular formula is C19H19FN4O3S. The lowest BCUT2D eigenvalue weighted by atomic mass is 9.89. The standard InChI is InChI=1S/C19H19FN4O3S/c20-15-3-1-13(2-4-15)16(25)14-5-7-22(8-6-14)9-10-23-17(26)21-18-24(19(23)27)11-12-28-18/h1-4,11-12,14H,5-10H2. The lowest BCUT2D eigenvalue weighted by Gasteiger charge is -2.31. The van der Waals surface area contributed by atoms with Gasteiger partial charge in [-0.3, -0.25) is 4.79 Å². The summed E-state index contributed by atoms with van der Waals surface area (Å²) in [5.74, 6) is -0.396. The largest absolute Gasteiger partial charge is 0.354 e. The molecule has 0 N–H and O–H groups in total. The minimum atomic E-state index is -0.533. The molecule has 7 nitrogen and oxygen atoms in total. The number of nitrogens with zero attached hydrogens (tertiary/aromatic N) is 4. The molecule has 1 aromatic carbocycles. The van der Waals surface area contributed by atoms with E-state index in [1.165, 1.54) is 40.0 Å². The van der Waals surface area contributed by atoms with Crippen molar-refractivity contribution >= 4 is 22.1 Å². The average Bonchev–Trinajstić information content (AvgIpc) is 3.17. The number of hydrogen-bond acceptors (Lipinski definition) is 6. The van der Waals surface area contributed by atoms with Gasteiger partial charge in [0.1, 0.15) is 5.82 Å². The van der Waals surface area contributed by atoms with E-state index in [9.17, 15) is 18.8 Å². The molecule has 146 valence electrons. The highest BCUT2D eigenvalue weighted by Crippen LogP contribution is 2.22. The predicted octanol–water partition coefficient (Wildman–Crippen LogP) is 1.65. The second-order valence-corrected chi connectivity index (χ2v) is 7.74. The van der Waals surface area contributed by atoms with Gasteiger partial charge in [0.2, 0.25) is 4.96 Å². The van der Waals surface area contributed by atoms with Crippen LogP contribution in [0.15, 0.2) is 45.4 Å². The quantitative estimate of drug-likeness (QED) is 0.607. The normalized spacial score (nSPS) is 15.9. The Kier molecular flexibility index (Phi) is 5.19. The fourth-order valence-corrected chi connectivity index (χ4v) is 4.24. The number of rotatable bonds is 5. The number of piperidine rings is 1. The Morgan fingerprint density at radius 1 is 1.14 bits per heavy atom. The molecule has 0 unspecified atom stereocenters. The maximum absolute atomic E-state index is 13.0. The van der Waals surface area contributed by atoms with Crippen molar-refractivity contribution in [1.82, 2.24) is 18.9 Å². The van der Waals surface area contributed by atoms with Gasteiger partial charge in [-0.2, -0.15) is 4.98 Å². The number of hydrogen-bond donors (Lipinski definition) is 0. The molecule has 0 spiro atoms. The molecule has 1 aliphatic heterocycles. The minimum Gasteiger partial charge on any atom is -0.302 e. The lowest BCUT2D eigenvalue weighted by Crippen LogP contribution is -2.43. The highest BCUT2D eigenvalue weighted by molar-refractivity contribution is 7.15. The van der Waals surface area contributed by atoms with Crippen LogP contribution in [0.3, 0.4) is 0 Å². The van der Waals surface area contributed by atoms with Crippen molar-refractivity contribution in [2.24, 2.45) is 5.92 Å². The third kappa shape index (κ3) is 3.67. The fourth-order valence-electron chi connectivity index (χ4n) is 3.55. The maximum Gasteiger partial charge on any atom is 0.354 e. The second kappa shape index (κ2) is 7.76.